The molecule has 1 aromatic heterocycles. The zero-order valence-electron chi connectivity index (χ0n) is 9.87. The normalized spacial score (nSPS) is 10.7. The first-order chi connectivity index (χ1) is 7.61. The molecular weight excluding hydrogens is 200 g/mol. The average molecular weight is 216 g/mol. The average Bonchev–Trinajstić information content (AvgIpc) is 2.63. The topological polar surface area (TPSA) is 37.8 Å². The van der Waals surface area contributed by atoms with E-state index < -0.39 is 0 Å². The van der Waals surface area contributed by atoms with Crippen LogP contribution in [0.3, 0.4) is 0 Å². The van der Waals surface area contributed by atoms with Crippen molar-refractivity contribution in [1.29, 1.82) is 0 Å². The number of hydrogen-bond acceptors (Lipinski definition) is 1. The minimum atomic E-state index is -0.0462. The molecule has 0 bridgehead atoms. The van der Waals surface area contributed by atoms with Crippen LogP contribution in [-0.2, 0) is 6.42 Å². The number of hydrogen-bond donors (Lipinski definition) is 1. The molecule has 0 amide bonds. The first kappa shape index (κ1) is 10.7. The molecule has 1 N–H and O–H groups in total. The van der Waals surface area contributed by atoms with Crippen molar-refractivity contribution in [1.82, 2.24) is 9.78 Å². The molecule has 16 heavy (non-hydrogen) atoms. The van der Waals surface area contributed by atoms with E-state index in [4.69, 9.17) is 0 Å². The number of H-pyrrole nitrogens is 1. The summed E-state index contributed by atoms with van der Waals surface area (Å²) in [6.45, 7) is 6.20. The third-order valence-electron chi connectivity index (χ3n) is 2.92. The van der Waals surface area contributed by atoms with Crippen LogP contribution in [0, 0.1) is 13.8 Å². The van der Waals surface area contributed by atoms with E-state index in [1.807, 2.05) is 17.7 Å². The monoisotopic (exact) mass is 216 g/mol. The Kier molecular flexibility index (Phi) is 2.69. The smallest absolute Gasteiger partial charge is 0.264 e. The van der Waals surface area contributed by atoms with Gasteiger partial charge in [0.25, 0.3) is 5.56 Å². The van der Waals surface area contributed by atoms with E-state index in [-0.39, 0.29) is 5.56 Å². The highest BCUT2D eigenvalue weighted by Crippen LogP contribution is 2.14. The molecule has 0 saturated carbocycles. The van der Waals surface area contributed by atoms with Gasteiger partial charge in [-0.15, -0.1) is 0 Å². The highest BCUT2D eigenvalue weighted by atomic mass is 16.1. The third-order valence-corrected chi connectivity index (χ3v) is 2.92. The van der Waals surface area contributed by atoms with Crippen LogP contribution in [0.2, 0.25) is 0 Å². The molecule has 2 rings (SSSR count). The highest BCUT2D eigenvalue weighted by Gasteiger charge is 2.05. The van der Waals surface area contributed by atoms with Gasteiger partial charge in [-0.1, -0.05) is 13.0 Å². The molecule has 0 aliphatic rings. The van der Waals surface area contributed by atoms with Crippen LogP contribution in [0.1, 0.15) is 23.7 Å². The lowest BCUT2D eigenvalue weighted by molar-refractivity contribution is 0.804. The Labute approximate surface area is 94.7 Å². The molecule has 0 aliphatic carbocycles. The van der Waals surface area contributed by atoms with Gasteiger partial charge in [-0.2, -0.15) is 0 Å². The first-order valence-electron chi connectivity index (χ1n) is 5.50. The maximum absolute atomic E-state index is 11.3. The van der Waals surface area contributed by atoms with Crippen LogP contribution >= 0.6 is 0 Å². The van der Waals surface area contributed by atoms with Gasteiger partial charge in [-0.05, 0) is 43.5 Å². The van der Waals surface area contributed by atoms with Gasteiger partial charge in [-0.25, -0.2) is 0 Å². The Hall–Kier alpha value is -1.77. The molecule has 1 heterocycles. The molecule has 84 valence electrons. The van der Waals surface area contributed by atoms with Crippen LogP contribution in [0.4, 0.5) is 0 Å². The Morgan fingerprint density at radius 2 is 1.94 bits per heavy atom. The maximum atomic E-state index is 11.3. The molecule has 0 aliphatic heterocycles. The summed E-state index contributed by atoms with van der Waals surface area (Å²) in [5.74, 6) is 0. The van der Waals surface area contributed by atoms with E-state index in [0.717, 1.165) is 17.8 Å². The summed E-state index contributed by atoms with van der Waals surface area (Å²) in [7, 11) is 0. The van der Waals surface area contributed by atoms with E-state index in [2.05, 4.69) is 31.1 Å². The second kappa shape index (κ2) is 4.00. The standard InChI is InChI=1S/C13H16N2O/c1-4-11-8-13(16)14-15(11)12-6-5-9(2)10(3)7-12/h5-8H,4H2,1-3H3,(H,14,16). The zero-order valence-corrected chi connectivity index (χ0v) is 9.87. The quantitative estimate of drug-likeness (QED) is 0.822. The Morgan fingerprint density at radius 1 is 1.19 bits per heavy atom. The third kappa shape index (κ3) is 1.81. The summed E-state index contributed by atoms with van der Waals surface area (Å²) in [4.78, 5) is 11.3. The van der Waals surface area contributed by atoms with E-state index in [9.17, 15) is 4.79 Å². The molecule has 0 saturated heterocycles. The van der Waals surface area contributed by atoms with E-state index in [0.29, 0.717) is 0 Å². The zero-order chi connectivity index (χ0) is 11.7. The molecule has 0 fully saturated rings. The van der Waals surface area contributed by atoms with Gasteiger partial charge >= 0.3 is 0 Å². The van der Waals surface area contributed by atoms with Gasteiger partial charge < -0.3 is 0 Å². The lowest BCUT2D eigenvalue weighted by Crippen LogP contribution is -2.05. The van der Waals surface area contributed by atoms with Crippen molar-refractivity contribution in [2.45, 2.75) is 27.2 Å². The van der Waals surface area contributed by atoms with E-state index in [1.54, 1.807) is 6.07 Å². The van der Waals surface area contributed by atoms with Crippen LogP contribution in [-0.4, -0.2) is 9.78 Å². The minimum Gasteiger partial charge on any atom is -0.268 e. The fraction of sp³-hybridized carbons (Fsp3) is 0.308. The van der Waals surface area contributed by atoms with Crippen LogP contribution in [0.5, 0.6) is 0 Å². The molecule has 0 atom stereocenters. The van der Waals surface area contributed by atoms with Gasteiger partial charge in [0.15, 0.2) is 0 Å². The largest absolute Gasteiger partial charge is 0.268 e. The Balaban J connectivity index is 2.57. The molecular formula is C13H16N2O. The molecule has 3 nitrogen and oxygen atoms in total. The second-order valence-electron chi connectivity index (χ2n) is 4.07. The van der Waals surface area contributed by atoms with Crippen molar-refractivity contribution in [3.63, 3.8) is 0 Å². The molecule has 2 aromatic rings. The number of rotatable bonds is 2. The molecule has 0 unspecified atom stereocenters. The summed E-state index contributed by atoms with van der Waals surface area (Å²) < 4.78 is 1.86. The maximum Gasteiger partial charge on any atom is 0.264 e. The first-order valence-corrected chi connectivity index (χ1v) is 5.50. The number of aromatic nitrogens is 2. The van der Waals surface area contributed by atoms with Crippen molar-refractivity contribution < 1.29 is 0 Å². The number of nitrogens with zero attached hydrogens (tertiary/aromatic N) is 1. The van der Waals surface area contributed by atoms with Gasteiger partial charge in [-0.3, -0.25) is 14.6 Å². The van der Waals surface area contributed by atoms with E-state index in [1.165, 1.54) is 11.1 Å². The summed E-state index contributed by atoms with van der Waals surface area (Å²) in [5, 5.41) is 2.82. The SMILES string of the molecule is CCc1cc(=O)[nH]n1-c1ccc(C)c(C)c1. The molecule has 0 radical (unpaired) electrons. The fourth-order valence-corrected chi connectivity index (χ4v) is 1.79. The van der Waals surface area contributed by atoms with E-state index >= 15 is 0 Å². The molecule has 3 heteroatoms. The van der Waals surface area contributed by atoms with Gasteiger partial charge in [0, 0.05) is 11.8 Å². The van der Waals surface area contributed by atoms with Gasteiger partial charge in [0.2, 0.25) is 0 Å². The van der Waals surface area contributed by atoms with Crippen molar-refractivity contribution in [3.8, 4) is 5.69 Å². The van der Waals surface area contributed by atoms with Crippen LogP contribution in [0.25, 0.3) is 5.69 Å². The number of benzene rings is 1. The van der Waals surface area contributed by atoms with Crippen molar-refractivity contribution in [3.05, 3.63) is 51.4 Å². The Bertz CT molecular complexity index is 564. The summed E-state index contributed by atoms with van der Waals surface area (Å²) in [6, 6.07) is 7.83. The summed E-state index contributed by atoms with van der Waals surface area (Å²) in [6.07, 6.45) is 0.839. The Morgan fingerprint density at radius 3 is 2.56 bits per heavy atom. The lowest BCUT2D eigenvalue weighted by Gasteiger charge is -2.09. The summed E-state index contributed by atoms with van der Waals surface area (Å²) >= 11 is 0. The second-order valence-corrected chi connectivity index (χ2v) is 4.07. The number of aryl methyl sites for hydroxylation is 3. The van der Waals surface area contributed by atoms with Gasteiger partial charge in [0.05, 0.1) is 5.69 Å². The predicted octanol–water partition coefficient (Wildman–Crippen LogP) is 2.34. The van der Waals surface area contributed by atoms with Crippen molar-refractivity contribution in [2.24, 2.45) is 0 Å². The lowest BCUT2D eigenvalue weighted by atomic mass is 10.1. The van der Waals surface area contributed by atoms with Crippen molar-refractivity contribution >= 4 is 0 Å². The van der Waals surface area contributed by atoms with Crippen molar-refractivity contribution in [2.75, 3.05) is 0 Å². The summed E-state index contributed by atoms with van der Waals surface area (Å²) in [5.41, 5.74) is 4.47. The highest BCUT2D eigenvalue weighted by molar-refractivity contribution is 5.40. The predicted molar refractivity (Wildman–Crippen MR) is 65.2 cm³/mol. The molecule has 1 aromatic carbocycles. The number of nitrogens with one attached hydrogen (secondary N) is 1. The van der Waals surface area contributed by atoms with Crippen LogP contribution in [0.15, 0.2) is 29.1 Å². The number of aromatic amines is 1. The van der Waals surface area contributed by atoms with Crippen LogP contribution < -0.4 is 5.56 Å². The fourth-order valence-electron chi connectivity index (χ4n) is 1.79. The van der Waals surface area contributed by atoms with Gasteiger partial charge in [0.1, 0.15) is 0 Å². The minimum absolute atomic E-state index is 0.0462. The molecule has 0 spiro atoms.